The zero-order chi connectivity index (χ0) is 49.7. The molecule has 2 aliphatic heterocycles. The standard InChI is InChI=1S/C45H47F7N10O5S2/c1-42(2,3)67-41(64)62-20-43(21-62)9-11-61(12-10-43)40-57-39-31(68-40)18-27(25-7-6-8-26-35(25)60(4)58-38(26)59-69(5,65)66)34(56-39)30(15-22-13-23(46)16-24(47)14-22)55-32(63)19-54-37-33(36(53)45(50,51)52)28-17-29(28)44(37,48)49/h6-8,13-14,16,18,28-30H,9-12,15,17,19-21,53H2,1-5H3,(H,55,63)(H,58,59)/t28-,29+,30-/m0/s1. The molecule has 2 saturated heterocycles. The number of aliphatic imine (C=N–C) groups is 1. The van der Waals surface area contributed by atoms with Crippen LogP contribution in [0.3, 0.4) is 0 Å². The number of ether oxygens (including phenoxy) is 1. The van der Waals surface area contributed by atoms with Gasteiger partial charge in [-0.25, -0.2) is 27.0 Å². The van der Waals surface area contributed by atoms with Gasteiger partial charge in [0.2, 0.25) is 15.9 Å². The van der Waals surface area contributed by atoms with Crippen molar-refractivity contribution in [2.24, 2.45) is 35.0 Å². The smallest absolute Gasteiger partial charge is 0.431 e. The molecule has 3 aromatic heterocycles. The van der Waals surface area contributed by atoms with Crippen LogP contribution in [0.4, 0.5) is 46.5 Å². The number of fused-ring (bicyclic) bond motifs is 3. The Morgan fingerprint density at radius 1 is 1.03 bits per heavy atom. The van der Waals surface area contributed by atoms with Crippen LogP contribution in [0, 0.1) is 28.9 Å². The topological polar surface area (TPSA) is 190 Å². The molecule has 368 valence electrons. The van der Waals surface area contributed by atoms with Gasteiger partial charge in [-0.05, 0) is 82.2 Å². The number of likely N-dealkylation sites (tertiary alicyclic amines) is 1. The summed E-state index contributed by atoms with van der Waals surface area (Å²) in [4.78, 5) is 44.1. The number of aryl methyl sites for hydroxylation is 1. The van der Waals surface area contributed by atoms with E-state index in [-0.39, 0.29) is 47.1 Å². The van der Waals surface area contributed by atoms with Crippen molar-refractivity contribution in [3.63, 3.8) is 0 Å². The number of sulfonamides is 1. The van der Waals surface area contributed by atoms with Gasteiger partial charge in [0.1, 0.15) is 35.2 Å². The van der Waals surface area contributed by atoms with E-state index in [4.69, 9.17) is 20.4 Å². The molecule has 2 aliphatic carbocycles. The van der Waals surface area contributed by atoms with Gasteiger partial charge in [-0.15, -0.1) is 0 Å². The summed E-state index contributed by atoms with van der Waals surface area (Å²) in [5.41, 5.74) is 2.39. The number of nitrogens with two attached hydrogens (primary N) is 1. The fourth-order valence-corrected chi connectivity index (χ4v) is 11.2. The van der Waals surface area contributed by atoms with Gasteiger partial charge in [0.15, 0.2) is 16.6 Å². The maximum atomic E-state index is 15.4. The Balaban J connectivity index is 1.11. The molecular weight excluding hydrogens is 958 g/mol. The van der Waals surface area contributed by atoms with Crippen LogP contribution in [0.25, 0.3) is 32.4 Å². The molecule has 4 N–H and O–H groups in total. The van der Waals surface area contributed by atoms with Crippen molar-refractivity contribution in [1.82, 2.24) is 30.0 Å². The Bertz CT molecular complexity index is 3070. The third-order valence-electron chi connectivity index (χ3n) is 12.8. The molecule has 24 heteroatoms. The number of benzene rings is 2. The minimum atomic E-state index is -5.14. The molecule has 5 aromatic rings. The van der Waals surface area contributed by atoms with E-state index < -0.39 is 86.7 Å². The zero-order valence-electron chi connectivity index (χ0n) is 37.8. The maximum absolute atomic E-state index is 15.4. The number of para-hydroxylation sites is 1. The van der Waals surface area contributed by atoms with Crippen LogP contribution in [0.2, 0.25) is 0 Å². The van der Waals surface area contributed by atoms with Gasteiger partial charge in [0.25, 0.3) is 5.92 Å². The highest BCUT2D eigenvalue weighted by atomic mass is 32.2. The van der Waals surface area contributed by atoms with Crippen molar-refractivity contribution in [1.29, 1.82) is 0 Å². The summed E-state index contributed by atoms with van der Waals surface area (Å²) in [6.45, 7) is 6.68. The summed E-state index contributed by atoms with van der Waals surface area (Å²) in [5.74, 6) is -9.33. The van der Waals surface area contributed by atoms with Crippen molar-refractivity contribution in [3.8, 4) is 11.1 Å². The molecule has 0 bridgehead atoms. The van der Waals surface area contributed by atoms with Gasteiger partial charge in [0, 0.05) is 72.7 Å². The summed E-state index contributed by atoms with van der Waals surface area (Å²) >= 11 is 1.33. The summed E-state index contributed by atoms with van der Waals surface area (Å²) < 4.78 is 136. The van der Waals surface area contributed by atoms with E-state index in [9.17, 15) is 40.0 Å². The lowest BCUT2D eigenvalue weighted by molar-refractivity contribution is -0.120. The van der Waals surface area contributed by atoms with E-state index in [1.807, 2.05) is 20.8 Å². The van der Waals surface area contributed by atoms with Crippen molar-refractivity contribution in [3.05, 3.63) is 76.6 Å². The Morgan fingerprint density at radius 2 is 1.71 bits per heavy atom. The van der Waals surface area contributed by atoms with Crippen LogP contribution in [-0.4, -0.2) is 107 Å². The van der Waals surface area contributed by atoms with Crippen LogP contribution in [0.1, 0.15) is 57.3 Å². The summed E-state index contributed by atoms with van der Waals surface area (Å²) in [6.07, 6.45) is -3.59. The van der Waals surface area contributed by atoms with Gasteiger partial charge in [-0.3, -0.25) is 19.2 Å². The number of hydrogen-bond donors (Lipinski definition) is 3. The van der Waals surface area contributed by atoms with E-state index >= 15 is 8.78 Å². The number of piperidine rings is 1. The van der Waals surface area contributed by atoms with Crippen LogP contribution in [0.5, 0.6) is 0 Å². The third-order valence-corrected chi connectivity index (χ3v) is 14.5. The van der Waals surface area contributed by atoms with Crippen LogP contribution < -0.4 is 20.7 Å². The first kappa shape index (κ1) is 48.0. The van der Waals surface area contributed by atoms with Gasteiger partial charge in [0.05, 0.1) is 28.2 Å². The minimum absolute atomic E-state index is 0.0104. The van der Waals surface area contributed by atoms with Crippen LogP contribution >= 0.6 is 11.3 Å². The number of alkyl halides is 5. The second-order valence-electron chi connectivity index (χ2n) is 19.3. The molecule has 2 amide bonds. The third kappa shape index (κ3) is 9.52. The first-order chi connectivity index (χ1) is 32.2. The molecule has 69 heavy (non-hydrogen) atoms. The first-order valence-electron chi connectivity index (χ1n) is 21.9. The highest BCUT2D eigenvalue weighted by Crippen LogP contribution is 2.62. The molecule has 2 saturated carbocycles. The summed E-state index contributed by atoms with van der Waals surface area (Å²) in [5, 5.41) is 8.11. The van der Waals surface area contributed by atoms with Crippen molar-refractivity contribution < 1.29 is 53.5 Å². The van der Waals surface area contributed by atoms with Crippen LogP contribution in [0.15, 0.2) is 58.7 Å². The largest absolute Gasteiger partial charge is 0.444 e. The molecule has 9 rings (SSSR count). The lowest BCUT2D eigenvalue weighted by atomic mass is 9.72. The van der Waals surface area contributed by atoms with Gasteiger partial charge in [-0.2, -0.15) is 32.0 Å². The lowest BCUT2D eigenvalue weighted by Gasteiger charge is -2.53. The number of halogens is 7. The molecule has 3 atom stereocenters. The van der Waals surface area contributed by atoms with E-state index in [1.54, 1.807) is 36.2 Å². The molecule has 2 aromatic carbocycles. The monoisotopic (exact) mass is 1000 g/mol. The first-order valence-corrected chi connectivity index (χ1v) is 24.6. The molecule has 1 spiro atoms. The number of anilines is 2. The molecule has 5 heterocycles. The second kappa shape index (κ2) is 16.8. The maximum Gasteiger partial charge on any atom is 0.431 e. The van der Waals surface area contributed by atoms with E-state index in [0.717, 1.165) is 31.2 Å². The molecular formula is C45H47F7N10O5S2. The number of nitrogens with zero attached hydrogens (tertiary/aromatic N) is 7. The average molecular weight is 1010 g/mol. The number of rotatable bonds is 10. The van der Waals surface area contributed by atoms with E-state index in [1.165, 1.54) is 16.0 Å². The molecule has 0 unspecified atom stereocenters. The lowest BCUT2D eigenvalue weighted by Crippen LogP contribution is -2.62. The number of carbonyl (C=O) groups is 2. The number of allylic oxidation sites excluding steroid dienone is 2. The fourth-order valence-electron chi connectivity index (χ4n) is 9.68. The van der Waals surface area contributed by atoms with Crippen molar-refractivity contribution >= 4 is 71.3 Å². The predicted molar refractivity (Wildman–Crippen MR) is 244 cm³/mol. The quantitative estimate of drug-likeness (QED) is 0.117. The molecule has 15 nitrogen and oxygen atoms in total. The number of nitrogens with one attached hydrogen (secondary N) is 2. The average Bonchev–Trinajstić information content (AvgIpc) is 3.75. The number of amides is 2. The Kier molecular flexibility index (Phi) is 11.7. The molecule has 4 fully saturated rings. The van der Waals surface area contributed by atoms with Crippen molar-refractivity contribution in [2.45, 2.75) is 70.2 Å². The Morgan fingerprint density at radius 3 is 2.35 bits per heavy atom. The van der Waals surface area contributed by atoms with Gasteiger partial charge in [-0.1, -0.05) is 23.5 Å². The van der Waals surface area contributed by atoms with Crippen LogP contribution in [-0.2, 0) is 33.0 Å². The number of carbonyl (C=O) groups excluding carboxylic acids is 2. The minimum Gasteiger partial charge on any atom is -0.444 e. The second-order valence-corrected chi connectivity index (χ2v) is 22.0. The predicted octanol–water partition coefficient (Wildman–Crippen LogP) is 7.63. The highest BCUT2D eigenvalue weighted by Gasteiger charge is 2.68. The number of aromatic nitrogens is 4. The summed E-state index contributed by atoms with van der Waals surface area (Å²) in [6, 6.07) is 8.13. The van der Waals surface area contributed by atoms with Gasteiger partial charge < -0.3 is 25.6 Å². The van der Waals surface area contributed by atoms with E-state index in [0.29, 0.717) is 64.1 Å². The normalized spacial score (nSPS) is 21.7. The number of pyridine rings is 1. The Hall–Kier alpha value is -6.04. The Labute approximate surface area is 395 Å². The number of hydrogen-bond acceptors (Lipinski definition) is 12. The SMILES string of the molecule is Cn1nc(NS(C)(=O)=O)c2cccc(-c3cc4sc(N5CCC6(CC5)CN(C(=O)OC(C)(C)C)C6)nc4nc3[C@H](Cc3cc(F)cc(F)c3)NC(=O)CN=C3C(=C(N)C(F)(F)F)[C@H]4C[C@H]4C3(F)F)c21. The zero-order valence-corrected chi connectivity index (χ0v) is 39.5. The number of thiazole rings is 1. The van der Waals surface area contributed by atoms with Crippen molar-refractivity contribution in [2.75, 3.05) is 48.6 Å². The fraction of sp³-hybridized carbons (Fsp3) is 0.467. The highest BCUT2D eigenvalue weighted by molar-refractivity contribution is 7.92. The van der Waals surface area contributed by atoms with E-state index in [2.05, 4.69) is 25.0 Å². The molecule has 4 aliphatic rings. The summed E-state index contributed by atoms with van der Waals surface area (Å²) in [7, 11) is -2.22. The molecule has 0 radical (unpaired) electrons. The van der Waals surface area contributed by atoms with Gasteiger partial charge >= 0.3 is 12.3 Å².